The fraction of sp³-hybridized carbons (Fsp3) is 0. The van der Waals surface area contributed by atoms with Gasteiger partial charge in [-0.15, -0.1) is 0 Å². The number of anilines is 2. The highest BCUT2D eigenvalue weighted by Gasteiger charge is 2.17. The van der Waals surface area contributed by atoms with Crippen LogP contribution in [0.3, 0.4) is 0 Å². The van der Waals surface area contributed by atoms with Crippen molar-refractivity contribution >= 4 is 69.5 Å². The molecule has 4 rings (SSSR count). The van der Waals surface area contributed by atoms with E-state index in [-0.39, 0.29) is 28.1 Å². The fourth-order valence-corrected chi connectivity index (χ4v) is 3.44. The van der Waals surface area contributed by atoms with Gasteiger partial charge >= 0.3 is 5.97 Å². The number of fused-ring (bicyclic) bond motifs is 1. The molecular weight excluding hydrogens is 483 g/mol. The second kappa shape index (κ2) is 9.34. The predicted octanol–water partition coefficient (Wildman–Crippen LogP) is 6.16. The Morgan fingerprint density at radius 2 is 1.74 bits per heavy atom. The van der Waals surface area contributed by atoms with Gasteiger partial charge in [0, 0.05) is 23.4 Å². The molecule has 0 unspecified atom stereocenters. The maximum absolute atomic E-state index is 11.4. The lowest BCUT2D eigenvalue weighted by molar-refractivity contribution is -0.384. The smallest absolute Gasteiger partial charge is 0.335 e. The number of benzene rings is 3. The van der Waals surface area contributed by atoms with Gasteiger partial charge in [-0.3, -0.25) is 10.1 Å². The van der Waals surface area contributed by atoms with Crippen LogP contribution in [-0.2, 0) is 0 Å². The van der Waals surface area contributed by atoms with Crippen molar-refractivity contribution in [1.29, 1.82) is 0 Å². The summed E-state index contributed by atoms with van der Waals surface area (Å²) in [6.07, 6.45) is 3.23. The molecule has 0 saturated heterocycles. The van der Waals surface area contributed by atoms with Crippen LogP contribution in [0, 0.1) is 10.1 Å². The Labute approximate surface area is 202 Å². The number of rotatable bonds is 6. The summed E-state index contributed by atoms with van der Waals surface area (Å²) in [5.41, 5.74) is 1.68. The number of nitro groups is 1. The molecule has 0 bridgehead atoms. The van der Waals surface area contributed by atoms with Crippen molar-refractivity contribution < 1.29 is 19.9 Å². The first kappa shape index (κ1) is 23.0. The molecular formula is C23H14Cl2N4O5. The topological polar surface area (TPSA) is 138 Å². The number of aromatic hydroxyl groups is 1. The van der Waals surface area contributed by atoms with Crippen molar-refractivity contribution in [1.82, 2.24) is 9.97 Å². The van der Waals surface area contributed by atoms with Gasteiger partial charge < -0.3 is 15.5 Å². The number of nitro benzene ring substituents is 1. The van der Waals surface area contributed by atoms with Crippen molar-refractivity contribution in [3.05, 3.63) is 91.4 Å². The van der Waals surface area contributed by atoms with Crippen LogP contribution in [0.2, 0.25) is 10.0 Å². The number of non-ortho nitro benzene ring substituents is 1. The molecule has 0 radical (unpaired) electrons. The zero-order valence-corrected chi connectivity index (χ0v) is 18.6. The monoisotopic (exact) mass is 496 g/mol. The Morgan fingerprint density at radius 1 is 1.00 bits per heavy atom. The van der Waals surface area contributed by atoms with Gasteiger partial charge in [-0.1, -0.05) is 47.5 Å². The van der Waals surface area contributed by atoms with Gasteiger partial charge in [0.15, 0.2) is 0 Å². The van der Waals surface area contributed by atoms with Gasteiger partial charge in [0.1, 0.15) is 0 Å². The molecule has 11 heteroatoms. The lowest BCUT2D eigenvalue weighted by atomic mass is 10.1. The third kappa shape index (κ3) is 4.90. The molecule has 0 spiro atoms. The summed E-state index contributed by atoms with van der Waals surface area (Å²) in [7, 11) is 0. The summed E-state index contributed by atoms with van der Waals surface area (Å²) in [6.45, 7) is 0. The zero-order chi connectivity index (χ0) is 24.4. The highest BCUT2D eigenvalue weighted by Crippen LogP contribution is 2.33. The molecule has 1 aromatic heterocycles. The average Bonchev–Trinajstić information content (AvgIpc) is 2.80. The third-order valence-corrected chi connectivity index (χ3v) is 5.53. The molecule has 3 aromatic carbocycles. The van der Waals surface area contributed by atoms with Crippen molar-refractivity contribution in [2.45, 2.75) is 0 Å². The first-order valence-corrected chi connectivity index (χ1v) is 10.4. The molecule has 4 aromatic rings. The quantitative estimate of drug-likeness (QED) is 0.164. The molecule has 9 nitrogen and oxygen atoms in total. The minimum absolute atomic E-state index is 0.0395. The highest BCUT2D eigenvalue weighted by atomic mass is 35.5. The molecule has 0 aliphatic carbocycles. The van der Waals surface area contributed by atoms with Crippen molar-refractivity contribution in [2.75, 3.05) is 5.32 Å². The van der Waals surface area contributed by atoms with E-state index < -0.39 is 16.8 Å². The first-order valence-electron chi connectivity index (χ1n) is 9.64. The average molecular weight is 497 g/mol. The van der Waals surface area contributed by atoms with Gasteiger partial charge in [0.05, 0.1) is 31.4 Å². The summed E-state index contributed by atoms with van der Waals surface area (Å²) in [4.78, 5) is 30.3. The van der Waals surface area contributed by atoms with Crippen LogP contribution in [-0.4, -0.2) is 31.1 Å². The number of carboxylic acid groups (broad SMARTS) is 1. The second-order valence-corrected chi connectivity index (χ2v) is 7.89. The number of carboxylic acids is 1. The van der Waals surface area contributed by atoms with E-state index in [1.165, 1.54) is 24.3 Å². The van der Waals surface area contributed by atoms with Gasteiger partial charge in [-0.2, -0.15) is 4.98 Å². The number of hydrogen-bond acceptors (Lipinski definition) is 7. The summed E-state index contributed by atoms with van der Waals surface area (Å²) in [5.74, 6) is -1.45. The molecule has 3 N–H and O–H groups in total. The van der Waals surface area contributed by atoms with E-state index in [9.17, 15) is 20.0 Å². The van der Waals surface area contributed by atoms with E-state index in [1.54, 1.807) is 42.5 Å². The highest BCUT2D eigenvalue weighted by molar-refractivity contribution is 6.42. The van der Waals surface area contributed by atoms with Gasteiger partial charge in [0.2, 0.25) is 11.8 Å². The minimum atomic E-state index is -1.05. The predicted molar refractivity (Wildman–Crippen MR) is 130 cm³/mol. The summed E-state index contributed by atoms with van der Waals surface area (Å²) < 4.78 is 0. The lowest BCUT2D eigenvalue weighted by Crippen LogP contribution is -2.00. The fourth-order valence-electron chi connectivity index (χ4n) is 3.14. The Hall–Kier alpha value is -4.21. The molecule has 0 fully saturated rings. The molecule has 0 atom stereocenters. The molecule has 0 aliphatic heterocycles. The number of halogens is 2. The summed E-state index contributed by atoms with van der Waals surface area (Å²) in [6, 6.07) is 13.4. The van der Waals surface area contributed by atoms with E-state index in [4.69, 9.17) is 28.3 Å². The van der Waals surface area contributed by atoms with Crippen LogP contribution in [0.5, 0.6) is 5.88 Å². The number of nitrogens with zero attached hydrogens (tertiary/aromatic N) is 3. The van der Waals surface area contributed by atoms with Crippen molar-refractivity contribution in [3.8, 4) is 5.88 Å². The minimum Gasteiger partial charge on any atom is -0.493 e. The second-order valence-electron chi connectivity index (χ2n) is 7.07. The third-order valence-electron chi connectivity index (χ3n) is 4.79. The van der Waals surface area contributed by atoms with E-state index in [0.29, 0.717) is 26.9 Å². The van der Waals surface area contributed by atoms with E-state index >= 15 is 0 Å². The molecule has 0 saturated carbocycles. The van der Waals surface area contributed by atoms with Crippen LogP contribution in [0.25, 0.3) is 23.1 Å². The van der Waals surface area contributed by atoms with Crippen LogP contribution in [0.1, 0.15) is 21.5 Å². The molecule has 1 heterocycles. The molecule has 170 valence electrons. The SMILES string of the molecule is O=C(O)c1ccc(C=Cc2cc([N+](=O)[O-])cc3c(O)nc(Nc4ccc(Cl)c(Cl)c4)nc23)cc1. The van der Waals surface area contributed by atoms with Crippen molar-refractivity contribution in [2.24, 2.45) is 0 Å². The molecule has 0 amide bonds. The van der Waals surface area contributed by atoms with Crippen LogP contribution in [0.15, 0.2) is 54.6 Å². The molecule has 0 aliphatic rings. The number of carbonyl (C=O) groups is 1. The number of aromatic carboxylic acids is 1. The molecule has 34 heavy (non-hydrogen) atoms. The van der Waals surface area contributed by atoms with Gasteiger partial charge in [-0.25, -0.2) is 9.78 Å². The van der Waals surface area contributed by atoms with Gasteiger partial charge in [0.25, 0.3) is 5.69 Å². The Morgan fingerprint density at radius 3 is 2.38 bits per heavy atom. The Balaban J connectivity index is 1.78. The number of nitrogens with one attached hydrogen (secondary N) is 1. The summed E-state index contributed by atoms with van der Waals surface area (Å²) in [5, 5.41) is 34.6. The first-order chi connectivity index (χ1) is 16.2. The standard InChI is InChI=1S/C23H14Cl2N4O5/c24-18-8-7-15(10-19(18)25)26-23-27-20-14(6-3-12-1-4-13(5-2-12)22(31)32)9-16(29(33)34)11-17(20)21(30)28-23/h1-11H,(H,31,32)(H2,26,27,28,30). The van der Waals surface area contributed by atoms with Crippen LogP contribution < -0.4 is 5.32 Å². The van der Waals surface area contributed by atoms with Crippen molar-refractivity contribution in [3.63, 3.8) is 0 Å². The van der Waals surface area contributed by atoms with Gasteiger partial charge in [-0.05, 0) is 35.9 Å². The van der Waals surface area contributed by atoms with E-state index in [2.05, 4.69) is 15.3 Å². The number of aromatic nitrogens is 2. The maximum atomic E-state index is 11.4. The zero-order valence-electron chi connectivity index (χ0n) is 17.1. The Bertz CT molecular complexity index is 1470. The normalized spacial score (nSPS) is 11.1. The summed E-state index contributed by atoms with van der Waals surface area (Å²) >= 11 is 12.0. The largest absolute Gasteiger partial charge is 0.493 e. The lowest BCUT2D eigenvalue weighted by Gasteiger charge is -2.10. The van der Waals surface area contributed by atoms with E-state index in [0.717, 1.165) is 0 Å². The van der Waals surface area contributed by atoms with E-state index in [1.807, 2.05) is 0 Å². The van der Waals surface area contributed by atoms with Crippen LogP contribution >= 0.6 is 23.2 Å². The van der Waals surface area contributed by atoms with Crippen LogP contribution in [0.4, 0.5) is 17.3 Å². The maximum Gasteiger partial charge on any atom is 0.335 e. The Kier molecular flexibility index (Phi) is 6.31. The number of hydrogen-bond donors (Lipinski definition) is 3.